The Labute approximate surface area is 130 Å². The Morgan fingerprint density at radius 3 is 2.65 bits per heavy atom. The van der Waals surface area contributed by atoms with E-state index in [0.29, 0.717) is 0 Å². The maximum atomic E-state index is 13.4. The molecule has 7 nitrogen and oxygen atoms in total. The Hall–Kier alpha value is -3.16. The molecule has 1 N–H and O–H groups in total. The van der Waals surface area contributed by atoms with Crippen molar-refractivity contribution in [3.05, 3.63) is 58.4 Å². The van der Waals surface area contributed by atoms with Crippen LogP contribution in [0.2, 0.25) is 0 Å². The highest BCUT2D eigenvalue weighted by Gasteiger charge is 2.14. The third-order valence-electron chi connectivity index (χ3n) is 2.87. The summed E-state index contributed by atoms with van der Waals surface area (Å²) in [5, 5.41) is 13.2. The number of nitro groups is 1. The molecule has 0 aromatic heterocycles. The molecule has 0 atom stereocenters. The maximum absolute atomic E-state index is 13.4. The molecule has 0 aliphatic rings. The van der Waals surface area contributed by atoms with Crippen LogP contribution in [0.1, 0.15) is 0 Å². The third-order valence-corrected chi connectivity index (χ3v) is 2.87. The zero-order valence-electron chi connectivity index (χ0n) is 12.1. The highest BCUT2D eigenvalue weighted by atomic mass is 19.1. The molecule has 0 saturated heterocycles. The Kier molecular flexibility index (Phi) is 5.08. The van der Waals surface area contributed by atoms with Gasteiger partial charge in [-0.1, -0.05) is 12.1 Å². The largest absolute Gasteiger partial charge is 0.494 e. The quantitative estimate of drug-likeness (QED) is 0.653. The average Bonchev–Trinajstić information content (AvgIpc) is 2.54. The van der Waals surface area contributed by atoms with Crippen LogP contribution in [0.3, 0.4) is 0 Å². The van der Waals surface area contributed by atoms with Gasteiger partial charge in [-0.05, 0) is 18.2 Å². The van der Waals surface area contributed by atoms with Crippen LogP contribution in [0.4, 0.5) is 15.8 Å². The molecule has 0 heterocycles. The Morgan fingerprint density at radius 2 is 2.00 bits per heavy atom. The van der Waals surface area contributed by atoms with Gasteiger partial charge >= 0.3 is 0 Å². The van der Waals surface area contributed by atoms with Gasteiger partial charge in [0.15, 0.2) is 18.2 Å². The molecule has 0 aliphatic heterocycles. The third kappa shape index (κ3) is 4.16. The molecule has 0 fully saturated rings. The van der Waals surface area contributed by atoms with Crippen LogP contribution in [-0.2, 0) is 4.79 Å². The number of para-hydroxylation sites is 1. The van der Waals surface area contributed by atoms with E-state index in [1.165, 1.54) is 43.5 Å². The number of anilines is 1. The number of carbonyl (C=O) groups excluding carboxylic acids is 1. The van der Waals surface area contributed by atoms with Gasteiger partial charge in [0, 0.05) is 6.07 Å². The highest BCUT2D eigenvalue weighted by Crippen LogP contribution is 2.28. The number of rotatable bonds is 6. The van der Waals surface area contributed by atoms with Crippen LogP contribution in [-0.4, -0.2) is 24.5 Å². The lowest BCUT2D eigenvalue weighted by atomic mass is 10.2. The van der Waals surface area contributed by atoms with Gasteiger partial charge in [0.1, 0.15) is 5.75 Å². The van der Waals surface area contributed by atoms with Crippen molar-refractivity contribution >= 4 is 17.3 Å². The van der Waals surface area contributed by atoms with E-state index in [2.05, 4.69) is 5.32 Å². The van der Waals surface area contributed by atoms with Crippen molar-refractivity contribution in [2.45, 2.75) is 0 Å². The fourth-order valence-electron chi connectivity index (χ4n) is 1.79. The minimum atomic E-state index is -0.576. The number of hydrogen-bond donors (Lipinski definition) is 1. The summed E-state index contributed by atoms with van der Waals surface area (Å²) in [6.07, 6.45) is 0. The second-order valence-electron chi connectivity index (χ2n) is 4.41. The van der Waals surface area contributed by atoms with E-state index in [0.717, 1.165) is 0 Å². The van der Waals surface area contributed by atoms with Crippen LogP contribution in [0, 0.1) is 15.9 Å². The van der Waals surface area contributed by atoms with Gasteiger partial charge in [0.05, 0.1) is 23.8 Å². The smallest absolute Gasteiger partial charge is 0.273 e. The van der Waals surface area contributed by atoms with E-state index >= 15 is 0 Å². The summed E-state index contributed by atoms with van der Waals surface area (Å²) in [5.41, 5.74) is 0.0858. The van der Waals surface area contributed by atoms with Crippen LogP contribution >= 0.6 is 0 Å². The number of nitro benzene ring substituents is 1. The second kappa shape index (κ2) is 7.21. The molecule has 2 aromatic rings. The number of hydrogen-bond acceptors (Lipinski definition) is 5. The molecular formula is C15H13FN2O5. The lowest BCUT2D eigenvalue weighted by Gasteiger charge is -2.11. The number of halogens is 1. The van der Waals surface area contributed by atoms with Gasteiger partial charge in [0.2, 0.25) is 0 Å². The number of methoxy groups -OCH3 is 1. The van der Waals surface area contributed by atoms with Gasteiger partial charge < -0.3 is 14.8 Å². The fraction of sp³-hybridized carbons (Fsp3) is 0.133. The van der Waals surface area contributed by atoms with Crippen molar-refractivity contribution in [2.24, 2.45) is 0 Å². The SMILES string of the molecule is COc1cc([N+](=O)[O-])ccc1NC(=O)COc1ccccc1F. The minimum absolute atomic E-state index is 0.0432. The molecule has 0 aliphatic carbocycles. The van der Waals surface area contributed by atoms with E-state index in [9.17, 15) is 19.3 Å². The van der Waals surface area contributed by atoms with E-state index in [-0.39, 0.29) is 22.9 Å². The lowest BCUT2D eigenvalue weighted by Crippen LogP contribution is -2.20. The molecule has 2 aromatic carbocycles. The molecule has 0 radical (unpaired) electrons. The van der Waals surface area contributed by atoms with Gasteiger partial charge in [-0.2, -0.15) is 0 Å². The number of non-ortho nitro benzene ring substituents is 1. The predicted octanol–water partition coefficient (Wildman–Crippen LogP) is 2.76. The highest BCUT2D eigenvalue weighted by molar-refractivity contribution is 5.93. The molecule has 8 heteroatoms. The normalized spacial score (nSPS) is 10.0. The van der Waals surface area contributed by atoms with Crippen molar-refractivity contribution < 1.29 is 23.6 Å². The number of ether oxygens (including phenoxy) is 2. The van der Waals surface area contributed by atoms with Crippen molar-refractivity contribution in [2.75, 3.05) is 19.0 Å². The number of amides is 1. The van der Waals surface area contributed by atoms with Crippen molar-refractivity contribution in [1.29, 1.82) is 0 Å². The summed E-state index contributed by atoms with van der Waals surface area (Å²) in [4.78, 5) is 22.0. The molecule has 23 heavy (non-hydrogen) atoms. The summed E-state index contributed by atoms with van der Waals surface area (Å²) < 4.78 is 23.4. The number of nitrogens with zero attached hydrogens (tertiary/aromatic N) is 1. The first-order valence-electron chi connectivity index (χ1n) is 6.51. The fourth-order valence-corrected chi connectivity index (χ4v) is 1.79. The second-order valence-corrected chi connectivity index (χ2v) is 4.41. The molecule has 1 amide bonds. The van der Waals surface area contributed by atoms with Crippen LogP contribution in [0.5, 0.6) is 11.5 Å². The minimum Gasteiger partial charge on any atom is -0.494 e. The van der Waals surface area contributed by atoms with Crippen LogP contribution < -0.4 is 14.8 Å². The molecular weight excluding hydrogens is 307 g/mol. The Morgan fingerprint density at radius 1 is 1.26 bits per heavy atom. The van der Waals surface area contributed by atoms with E-state index < -0.39 is 23.3 Å². The van der Waals surface area contributed by atoms with Gasteiger partial charge in [-0.25, -0.2) is 4.39 Å². The standard InChI is InChI=1S/C15H13FN2O5/c1-22-14-8-10(18(20)21)6-7-12(14)17-15(19)9-23-13-5-3-2-4-11(13)16/h2-8H,9H2,1H3,(H,17,19). The Balaban J connectivity index is 2.03. The molecule has 120 valence electrons. The van der Waals surface area contributed by atoms with E-state index in [1.54, 1.807) is 6.07 Å². The van der Waals surface area contributed by atoms with Crippen molar-refractivity contribution in [1.82, 2.24) is 0 Å². The average molecular weight is 320 g/mol. The Bertz CT molecular complexity index is 736. The molecule has 0 spiro atoms. The first-order valence-corrected chi connectivity index (χ1v) is 6.51. The van der Waals surface area contributed by atoms with E-state index in [4.69, 9.17) is 9.47 Å². The van der Waals surface area contributed by atoms with Crippen molar-refractivity contribution in [3.63, 3.8) is 0 Å². The van der Waals surface area contributed by atoms with Crippen LogP contribution in [0.25, 0.3) is 0 Å². The monoisotopic (exact) mass is 320 g/mol. The molecule has 2 rings (SSSR count). The number of nitrogens with one attached hydrogen (secondary N) is 1. The zero-order chi connectivity index (χ0) is 16.8. The first-order chi connectivity index (χ1) is 11.0. The number of carbonyl (C=O) groups is 1. The molecule has 0 unspecified atom stereocenters. The van der Waals surface area contributed by atoms with Crippen LogP contribution in [0.15, 0.2) is 42.5 Å². The predicted molar refractivity (Wildman–Crippen MR) is 80.2 cm³/mol. The summed E-state index contributed by atoms with van der Waals surface area (Å²) in [5.74, 6) is -1.04. The topological polar surface area (TPSA) is 90.7 Å². The zero-order valence-corrected chi connectivity index (χ0v) is 12.1. The van der Waals surface area contributed by atoms with Crippen molar-refractivity contribution in [3.8, 4) is 11.5 Å². The number of benzene rings is 2. The summed E-state index contributed by atoms with van der Waals surface area (Å²) >= 11 is 0. The molecule has 0 saturated carbocycles. The first kappa shape index (κ1) is 16.2. The van der Waals surface area contributed by atoms with Gasteiger partial charge in [0.25, 0.3) is 11.6 Å². The maximum Gasteiger partial charge on any atom is 0.273 e. The summed E-state index contributed by atoms with van der Waals surface area (Å²) in [7, 11) is 1.32. The van der Waals surface area contributed by atoms with Gasteiger partial charge in [-0.15, -0.1) is 0 Å². The van der Waals surface area contributed by atoms with E-state index in [1.807, 2.05) is 0 Å². The van der Waals surface area contributed by atoms with Gasteiger partial charge in [-0.3, -0.25) is 14.9 Å². The molecule has 0 bridgehead atoms. The lowest BCUT2D eigenvalue weighted by molar-refractivity contribution is -0.384. The summed E-state index contributed by atoms with van der Waals surface area (Å²) in [6.45, 7) is -0.416. The summed E-state index contributed by atoms with van der Waals surface area (Å²) in [6, 6.07) is 9.46.